The number of rotatable bonds is 4. The van der Waals surface area contributed by atoms with Crippen LogP contribution < -0.4 is 0 Å². The van der Waals surface area contributed by atoms with Crippen LogP contribution in [0.15, 0.2) is 0 Å². The quantitative estimate of drug-likeness (QED) is 0.533. The molecule has 0 bridgehead atoms. The fraction of sp³-hybridized carbons (Fsp3) is 0.800. The minimum atomic E-state index is 0. The Balaban J connectivity index is -0.0000000625. The van der Waals surface area contributed by atoms with Crippen molar-refractivity contribution in [1.82, 2.24) is 0 Å². The molecule has 14 heavy (non-hydrogen) atoms. The molecule has 0 aromatic carbocycles. The topological polar surface area (TPSA) is 40.5 Å². The minimum absolute atomic E-state index is 0. The summed E-state index contributed by atoms with van der Waals surface area (Å²) in [5.41, 5.74) is 0. The molecule has 2 N–H and O–H groups in total. The van der Waals surface area contributed by atoms with Crippen molar-refractivity contribution in [2.24, 2.45) is 0 Å². The van der Waals surface area contributed by atoms with E-state index in [2.05, 4.69) is 0 Å². The second-order valence-electron chi connectivity index (χ2n) is 2.74. The predicted octanol–water partition coefficient (Wildman–Crippen LogP) is 2.69. The second kappa shape index (κ2) is 19.8. The molecule has 2 nitrogen and oxygen atoms in total. The van der Waals surface area contributed by atoms with Gasteiger partial charge < -0.3 is 10.2 Å². The fourth-order valence-corrected chi connectivity index (χ4v) is 0.362. The fourth-order valence-electron chi connectivity index (χ4n) is 0.362. The van der Waals surface area contributed by atoms with Gasteiger partial charge >= 0.3 is 0 Å². The number of aliphatic hydroxyl groups is 2. The van der Waals surface area contributed by atoms with Crippen LogP contribution in [-0.2, 0) is 40.8 Å². The Labute approximate surface area is 116 Å². The van der Waals surface area contributed by atoms with E-state index in [1.54, 1.807) is 0 Å². The van der Waals surface area contributed by atoms with E-state index < -0.39 is 0 Å². The summed E-state index contributed by atoms with van der Waals surface area (Å²) in [4.78, 5) is 0. The molecule has 0 aromatic heterocycles. The standard InChI is InChI=1S/2C5H11O.2Re/c1-3-5(2)4-6;1-3-5(6)4-2;;/h2*6H,3-4H2,1-2H3;;/q2*-1;;. The maximum Gasteiger partial charge on any atom is 0 e. The number of aliphatic hydroxyl groups excluding tert-OH is 2. The molecule has 0 aliphatic heterocycles. The predicted molar refractivity (Wildman–Crippen MR) is 52.1 cm³/mol. The molecule has 0 saturated heterocycles. The molecule has 0 aliphatic carbocycles. The maximum absolute atomic E-state index is 8.58. The van der Waals surface area contributed by atoms with Crippen molar-refractivity contribution in [2.45, 2.75) is 47.0 Å². The Morgan fingerprint density at radius 1 is 0.929 bits per heavy atom. The van der Waals surface area contributed by atoms with Gasteiger partial charge in [-0.2, -0.15) is 26.2 Å². The molecule has 0 saturated carbocycles. The van der Waals surface area contributed by atoms with Crippen molar-refractivity contribution >= 4 is 0 Å². The van der Waals surface area contributed by atoms with E-state index in [9.17, 15) is 0 Å². The van der Waals surface area contributed by atoms with Gasteiger partial charge in [0.2, 0.25) is 0 Å². The minimum Gasteiger partial charge on any atom is -0.563 e. The zero-order chi connectivity index (χ0) is 9.98. The van der Waals surface area contributed by atoms with Crippen LogP contribution in [0.25, 0.3) is 0 Å². The van der Waals surface area contributed by atoms with Gasteiger partial charge in [0.1, 0.15) is 0 Å². The van der Waals surface area contributed by atoms with Gasteiger partial charge in [-0.15, -0.1) is 0 Å². The zero-order valence-corrected chi connectivity index (χ0v) is 14.9. The summed E-state index contributed by atoms with van der Waals surface area (Å²) >= 11 is 0. The monoisotopic (exact) mass is 548 g/mol. The summed E-state index contributed by atoms with van der Waals surface area (Å²) in [6, 6.07) is 0. The molecule has 0 amide bonds. The number of hydrogen-bond acceptors (Lipinski definition) is 2. The Bertz CT molecular complexity index is 64.5. The van der Waals surface area contributed by atoms with E-state index in [0.717, 1.165) is 25.2 Å². The molecule has 90 valence electrons. The zero-order valence-electron chi connectivity index (χ0n) is 9.48. The average Bonchev–Trinajstić information content (AvgIpc) is 2.16. The van der Waals surface area contributed by atoms with Crippen LogP contribution >= 0.6 is 0 Å². The molecule has 0 aliphatic rings. The molecule has 0 rings (SSSR count). The molecule has 0 spiro atoms. The molecule has 0 unspecified atom stereocenters. The molecular weight excluding hydrogens is 525 g/mol. The molecule has 0 fully saturated rings. The molecule has 0 aromatic rings. The van der Waals surface area contributed by atoms with Crippen LogP contribution in [0, 0.1) is 12.0 Å². The first-order chi connectivity index (χ1) is 5.62. The van der Waals surface area contributed by atoms with Gasteiger partial charge in [0.15, 0.2) is 0 Å². The van der Waals surface area contributed by atoms with Gasteiger partial charge in [-0.05, 0) is 0 Å². The van der Waals surface area contributed by atoms with Gasteiger partial charge in [0.05, 0.1) is 0 Å². The van der Waals surface area contributed by atoms with Crippen LogP contribution in [0.4, 0.5) is 0 Å². The third kappa shape index (κ3) is 23.2. The van der Waals surface area contributed by atoms with Crippen LogP contribution in [0.3, 0.4) is 0 Å². The van der Waals surface area contributed by atoms with Gasteiger partial charge in [-0.1, -0.05) is 27.4 Å². The van der Waals surface area contributed by atoms with Gasteiger partial charge in [-0.3, -0.25) is 5.92 Å². The molecule has 0 atom stereocenters. The van der Waals surface area contributed by atoms with Crippen molar-refractivity contribution in [1.29, 1.82) is 0 Å². The van der Waals surface area contributed by atoms with Crippen LogP contribution in [0.5, 0.6) is 0 Å². The van der Waals surface area contributed by atoms with Gasteiger partial charge in [0.25, 0.3) is 0 Å². The van der Waals surface area contributed by atoms with Gasteiger partial charge in [0, 0.05) is 40.8 Å². The van der Waals surface area contributed by atoms with E-state index in [0.29, 0.717) is 6.10 Å². The Morgan fingerprint density at radius 2 is 1.29 bits per heavy atom. The first kappa shape index (κ1) is 24.5. The maximum atomic E-state index is 8.58. The van der Waals surface area contributed by atoms with Crippen LogP contribution in [-0.4, -0.2) is 16.8 Å². The molecule has 0 heterocycles. The van der Waals surface area contributed by atoms with Crippen molar-refractivity contribution < 1.29 is 51.1 Å². The summed E-state index contributed by atoms with van der Waals surface area (Å²) in [7, 11) is 0. The summed E-state index contributed by atoms with van der Waals surface area (Å²) in [5.74, 6) is 1.15. The summed E-state index contributed by atoms with van der Waals surface area (Å²) in [6.07, 6.45) is 3.19. The van der Waals surface area contributed by atoms with E-state index in [-0.39, 0.29) is 47.5 Å². The molecule has 2 radical (unpaired) electrons. The smallest absolute Gasteiger partial charge is 0 e. The Hall–Kier alpha value is 1.24. The van der Waals surface area contributed by atoms with E-state index in [4.69, 9.17) is 10.2 Å². The third-order valence-electron chi connectivity index (χ3n) is 1.69. The van der Waals surface area contributed by atoms with Crippen molar-refractivity contribution in [3.05, 3.63) is 12.0 Å². The van der Waals surface area contributed by atoms with E-state index in [1.807, 2.05) is 27.7 Å². The Kier molecular flexibility index (Phi) is 34.5. The Morgan fingerprint density at radius 3 is 1.29 bits per heavy atom. The second-order valence-corrected chi connectivity index (χ2v) is 2.74. The van der Waals surface area contributed by atoms with E-state index >= 15 is 0 Å². The van der Waals surface area contributed by atoms with Crippen molar-refractivity contribution in [3.8, 4) is 0 Å². The first-order valence-corrected chi connectivity index (χ1v) is 4.58. The SMILES string of the molecule is CC[C-](C)CO.CC[C-](O)CC.[Re].[Re]. The van der Waals surface area contributed by atoms with Crippen molar-refractivity contribution in [2.75, 3.05) is 6.61 Å². The largest absolute Gasteiger partial charge is 0.563 e. The summed E-state index contributed by atoms with van der Waals surface area (Å²) in [5, 5.41) is 16.9. The van der Waals surface area contributed by atoms with Crippen molar-refractivity contribution in [3.63, 3.8) is 0 Å². The van der Waals surface area contributed by atoms with Crippen LogP contribution in [0.1, 0.15) is 47.0 Å². The normalized spacial score (nSPS) is 8.57. The van der Waals surface area contributed by atoms with E-state index in [1.165, 1.54) is 0 Å². The molecule has 4 heteroatoms. The summed E-state index contributed by atoms with van der Waals surface area (Å²) in [6.45, 7) is 8.11. The number of hydrogen-bond donors (Lipinski definition) is 2. The molecular formula is C10H22O2Re2-2. The first-order valence-electron chi connectivity index (χ1n) is 4.58. The third-order valence-corrected chi connectivity index (χ3v) is 1.69. The van der Waals surface area contributed by atoms with Crippen LogP contribution in [0.2, 0.25) is 0 Å². The average molecular weight is 547 g/mol. The van der Waals surface area contributed by atoms with Gasteiger partial charge in [-0.25, -0.2) is 6.10 Å². The summed E-state index contributed by atoms with van der Waals surface area (Å²) < 4.78 is 0.